The third kappa shape index (κ3) is 10.4. The molecule has 0 aromatic carbocycles. The topological polar surface area (TPSA) is 55.8 Å². The first-order chi connectivity index (χ1) is 10.8. The van der Waals surface area contributed by atoms with Crippen LogP contribution in [0.2, 0.25) is 0 Å². The minimum atomic E-state index is -0.613. The molecule has 0 aromatic rings. The Morgan fingerprint density at radius 2 is 1.61 bits per heavy atom. The number of esters is 1. The number of ether oxygens (including phenoxy) is 2. The van der Waals surface area contributed by atoms with Crippen LogP contribution in [0, 0.1) is 11.8 Å². The molecule has 0 unspecified atom stereocenters. The van der Waals surface area contributed by atoms with Crippen molar-refractivity contribution in [3.63, 3.8) is 0 Å². The summed E-state index contributed by atoms with van der Waals surface area (Å²) in [5, 5.41) is 0. The first-order valence-electron chi connectivity index (χ1n) is 8.41. The van der Waals surface area contributed by atoms with Gasteiger partial charge in [0.05, 0.1) is 13.2 Å². The van der Waals surface area contributed by atoms with Crippen LogP contribution in [0.1, 0.15) is 53.4 Å². The van der Waals surface area contributed by atoms with E-state index in [1.807, 2.05) is 13.8 Å². The van der Waals surface area contributed by atoms with Crippen molar-refractivity contribution >= 4 is 23.7 Å². The zero-order chi connectivity index (χ0) is 17.8. The summed E-state index contributed by atoms with van der Waals surface area (Å²) < 4.78 is 10.5. The molecule has 0 N–H and O–H groups in total. The van der Waals surface area contributed by atoms with Gasteiger partial charge in [-0.05, 0) is 37.5 Å². The fourth-order valence-corrected chi connectivity index (χ4v) is 2.17. The molecule has 0 heterocycles. The van der Waals surface area contributed by atoms with Crippen molar-refractivity contribution in [3.05, 3.63) is 0 Å². The zero-order valence-electron chi connectivity index (χ0n) is 15.1. The number of carbonyl (C=O) groups excluding carboxylic acids is 2. The van der Waals surface area contributed by atoms with Gasteiger partial charge in [0.1, 0.15) is 6.04 Å². The number of hydrogen-bond donors (Lipinski definition) is 0. The maximum Gasteiger partial charge on any atom is 0.410 e. The molecular weight excluding hydrogens is 318 g/mol. The lowest BCUT2D eigenvalue weighted by molar-refractivity contribution is -0.149. The summed E-state index contributed by atoms with van der Waals surface area (Å²) in [4.78, 5) is 25.7. The van der Waals surface area contributed by atoms with Gasteiger partial charge in [0, 0.05) is 12.9 Å². The second kappa shape index (κ2) is 12.5. The predicted molar refractivity (Wildman–Crippen MR) is 92.7 cm³/mol. The van der Waals surface area contributed by atoms with E-state index in [0.29, 0.717) is 31.2 Å². The van der Waals surface area contributed by atoms with Crippen molar-refractivity contribution in [1.29, 1.82) is 0 Å². The normalized spacial score (nSPS) is 12.3. The highest BCUT2D eigenvalue weighted by atomic mass is 35.5. The number of likely N-dealkylation sites (N-methyl/N-ethyl adjacent to an activating group) is 1. The first-order valence-corrected chi connectivity index (χ1v) is 8.95. The summed E-state index contributed by atoms with van der Waals surface area (Å²) >= 11 is 5.56. The Bertz CT molecular complexity index is 347. The van der Waals surface area contributed by atoms with Gasteiger partial charge in [-0.1, -0.05) is 27.7 Å². The smallest absolute Gasteiger partial charge is 0.410 e. The molecular formula is C17H32ClNO4. The van der Waals surface area contributed by atoms with Gasteiger partial charge >= 0.3 is 12.1 Å². The summed E-state index contributed by atoms with van der Waals surface area (Å²) in [7, 11) is 1.57. The third-order valence-corrected chi connectivity index (χ3v) is 3.66. The molecule has 0 aliphatic carbocycles. The van der Waals surface area contributed by atoms with Gasteiger partial charge in [0.15, 0.2) is 0 Å². The maximum absolute atomic E-state index is 12.3. The number of nitrogens with zero attached hydrogens (tertiary/aromatic N) is 1. The lowest BCUT2D eigenvalue weighted by Gasteiger charge is -2.27. The monoisotopic (exact) mass is 349 g/mol. The van der Waals surface area contributed by atoms with E-state index in [1.54, 1.807) is 7.05 Å². The number of hydrogen-bond acceptors (Lipinski definition) is 4. The van der Waals surface area contributed by atoms with E-state index >= 15 is 0 Å². The molecule has 0 aliphatic heterocycles. The van der Waals surface area contributed by atoms with E-state index in [2.05, 4.69) is 13.8 Å². The molecule has 136 valence electrons. The molecule has 0 fully saturated rings. The largest absolute Gasteiger partial charge is 0.464 e. The Labute approximate surface area is 145 Å². The molecule has 0 saturated heterocycles. The fourth-order valence-electron chi connectivity index (χ4n) is 2.06. The molecule has 0 saturated carbocycles. The molecule has 23 heavy (non-hydrogen) atoms. The molecule has 5 nitrogen and oxygen atoms in total. The Kier molecular flexibility index (Phi) is 11.9. The Morgan fingerprint density at radius 3 is 2.13 bits per heavy atom. The number of carbonyl (C=O) groups is 2. The molecule has 1 atom stereocenters. The first kappa shape index (κ1) is 22.0. The van der Waals surface area contributed by atoms with E-state index in [9.17, 15) is 9.59 Å². The molecule has 0 spiro atoms. The lowest BCUT2D eigenvalue weighted by atomic mass is 10.0. The van der Waals surface area contributed by atoms with Crippen LogP contribution >= 0.6 is 11.6 Å². The van der Waals surface area contributed by atoms with Gasteiger partial charge in [-0.3, -0.25) is 4.90 Å². The third-order valence-electron chi connectivity index (χ3n) is 3.40. The van der Waals surface area contributed by atoms with E-state index in [1.165, 1.54) is 4.90 Å². The summed E-state index contributed by atoms with van der Waals surface area (Å²) in [5.41, 5.74) is 0. The number of rotatable bonds is 11. The van der Waals surface area contributed by atoms with Crippen LogP contribution in [-0.2, 0) is 14.3 Å². The molecule has 0 radical (unpaired) electrons. The van der Waals surface area contributed by atoms with Crippen molar-refractivity contribution < 1.29 is 19.1 Å². The summed E-state index contributed by atoms with van der Waals surface area (Å²) in [6.07, 6.45) is 2.47. The Balaban J connectivity index is 4.52. The van der Waals surface area contributed by atoms with Crippen LogP contribution in [0.5, 0.6) is 0 Å². The van der Waals surface area contributed by atoms with Gasteiger partial charge in [-0.25, -0.2) is 9.59 Å². The second-order valence-corrected chi connectivity index (χ2v) is 6.99. The highest BCUT2D eigenvalue weighted by Crippen LogP contribution is 2.14. The Morgan fingerprint density at radius 1 is 1.00 bits per heavy atom. The van der Waals surface area contributed by atoms with Crippen LogP contribution in [0.3, 0.4) is 0 Å². The SMILES string of the molecule is CC(C)CCCOC(=O)[C@H](CC(C)C)N(C)C(=O)OCCCCl. The lowest BCUT2D eigenvalue weighted by Crippen LogP contribution is -2.44. The van der Waals surface area contributed by atoms with Crippen LogP contribution in [0.4, 0.5) is 4.79 Å². The van der Waals surface area contributed by atoms with E-state index in [0.717, 1.165) is 12.8 Å². The predicted octanol–water partition coefficient (Wildman–Crippen LogP) is 4.08. The minimum Gasteiger partial charge on any atom is -0.464 e. The minimum absolute atomic E-state index is 0.254. The van der Waals surface area contributed by atoms with Crippen LogP contribution in [0.25, 0.3) is 0 Å². The average Bonchev–Trinajstić information content (AvgIpc) is 2.48. The zero-order valence-corrected chi connectivity index (χ0v) is 15.9. The van der Waals surface area contributed by atoms with E-state index in [4.69, 9.17) is 21.1 Å². The Hall–Kier alpha value is -0.970. The number of alkyl halides is 1. The van der Waals surface area contributed by atoms with Crippen LogP contribution in [-0.4, -0.2) is 49.1 Å². The highest BCUT2D eigenvalue weighted by Gasteiger charge is 2.29. The van der Waals surface area contributed by atoms with Crippen molar-refractivity contribution in [3.8, 4) is 0 Å². The number of amides is 1. The molecule has 0 aliphatic rings. The quantitative estimate of drug-likeness (QED) is 0.320. The van der Waals surface area contributed by atoms with E-state index < -0.39 is 12.1 Å². The van der Waals surface area contributed by atoms with Crippen molar-refractivity contribution in [2.75, 3.05) is 26.1 Å². The summed E-state index contributed by atoms with van der Waals surface area (Å²) in [6.45, 7) is 8.92. The standard InChI is InChI=1S/C17H32ClNO4/c1-13(2)8-6-10-22-16(20)15(12-14(3)4)19(5)17(21)23-11-7-9-18/h13-15H,6-12H2,1-5H3/t15-/m0/s1. The summed E-state index contributed by atoms with van der Waals surface area (Å²) in [5.74, 6) is 0.921. The molecule has 6 heteroatoms. The van der Waals surface area contributed by atoms with E-state index in [-0.39, 0.29) is 18.5 Å². The van der Waals surface area contributed by atoms with Gasteiger partial charge in [0.25, 0.3) is 0 Å². The number of halogens is 1. The molecule has 0 aromatic heterocycles. The summed E-state index contributed by atoms with van der Waals surface area (Å²) in [6, 6.07) is -0.613. The van der Waals surface area contributed by atoms with Crippen LogP contribution < -0.4 is 0 Å². The molecule has 0 bridgehead atoms. The fraction of sp³-hybridized carbons (Fsp3) is 0.882. The van der Waals surface area contributed by atoms with Gasteiger partial charge in [-0.15, -0.1) is 11.6 Å². The van der Waals surface area contributed by atoms with Gasteiger partial charge in [0.2, 0.25) is 0 Å². The highest BCUT2D eigenvalue weighted by molar-refractivity contribution is 6.17. The van der Waals surface area contributed by atoms with Crippen molar-refractivity contribution in [1.82, 2.24) is 4.90 Å². The average molecular weight is 350 g/mol. The maximum atomic E-state index is 12.3. The molecule has 1 amide bonds. The van der Waals surface area contributed by atoms with Gasteiger partial charge < -0.3 is 9.47 Å². The van der Waals surface area contributed by atoms with Crippen molar-refractivity contribution in [2.24, 2.45) is 11.8 Å². The van der Waals surface area contributed by atoms with Gasteiger partial charge in [-0.2, -0.15) is 0 Å². The van der Waals surface area contributed by atoms with Crippen LogP contribution in [0.15, 0.2) is 0 Å². The van der Waals surface area contributed by atoms with Crippen molar-refractivity contribution in [2.45, 2.75) is 59.4 Å². The second-order valence-electron chi connectivity index (χ2n) is 6.62. The molecule has 0 rings (SSSR count).